The second kappa shape index (κ2) is 7.28. The number of amides is 1. The molecule has 2 aromatic rings. The fourth-order valence-corrected chi connectivity index (χ4v) is 3.81. The molecule has 0 spiro atoms. The Morgan fingerprint density at radius 1 is 1.04 bits per heavy atom. The number of thioether (sulfide) groups is 1. The maximum atomic E-state index is 12.7. The van der Waals surface area contributed by atoms with E-state index in [0.717, 1.165) is 32.5 Å². The number of hydrogen-bond acceptors (Lipinski definition) is 3. The van der Waals surface area contributed by atoms with E-state index in [-0.39, 0.29) is 5.91 Å². The van der Waals surface area contributed by atoms with Crippen molar-refractivity contribution >= 4 is 34.6 Å². The zero-order valence-corrected chi connectivity index (χ0v) is 15.9. The number of aliphatic imine (C=N–C) groups is 1. The minimum atomic E-state index is 0.0260. The van der Waals surface area contributed by atoms with E-state index in [9.17, 15) is 4.79 Å². The van der Waals surface area contributed by atoms with Crippen LogP contribution >= 0.6 is 11.8 Å². The molecule has 128 valence electrons. The van der Waals surface area contributed by atoms with E-state index in [1.807, 2.05) is 57.2 Å². The van der Waals surface area contributed by atoms with E-state index in [1.165, 1.54) is 17.3 Å². The summed E-state index contributed by atoms with van der Waals surface area (Å²) in [6.45, 7) is 8.75. The largest absolute Gasteiger partial charge is 0.287 e. The molecule has 0 radical (unpaired) electrons. The van der Waals surface area contributed by atoms with E-state index < -0.39 is 0 Å². The van der Waals surface area contributed by atoms with Gasteiger partial charge in [0.05, 0.1) is 10.6 Å². The molecule has 0 atom stereocenters. The molecule has 1 saturated heterocycles. The van der Waals surface area contributed by atoms with Crippen molar-refractivity contribution in [2.24, 2.45) is 4.99 Å². The first-order valence-corrected chi connectivity index (χ1v) is 9.24. The number of benzene rings is 2. The van der Waals surface area contributed by atoms with Gasteiger partial charge < -0.3 is 0 Å². The molecule has 1 amide bonds. The van der Waals surface area contributed by atoms with E-state index in [4.69, 9.17) is 4.99 Å². The van der Waals surface area contributed by atoms with Gasteiger partial charge in [0.15, 0.2) is 5.17 Å². The van der Waals surface area contributed by atoms with Crippen LogP contribution in [0.15, 0.2) is 52.4 Å². The second-order valence-corrected chi connectivity index (χ2v) is 7.21. The summed E-state index contributed by atoms with van der Waals surface area (Å²) in [6.07, 6.45) is 1.95. The van der Waals surface area contributed by atoms with Crippen LogP contribution in [0.5, 0.6) is 0 Å². The lowest BCUT2D eigenvalue weighted by molar-refractivity contribution is -0.122. The van der Waals surface area contributed by atoms with Crippen molar-refractivity contribution in [1.82, 2.24) is 4.90 Å². The molecule has 25 heavy (non-hydrogen) atoms. The highest BCUT2D eigenvalue weighted by molar-refractivity contribution is 8.18. The van der Waals surface area contributed by atoms with Gasteiger partial charge in [-0.25, -0.2) is 4.99 Å². The summed E-state index contributed by atoms with van der Waals surface area (Å²) in [5.41, 5.74) is 5.43. The van der Waals surface area contributed by atoms with Crippen LogP contribution < -0.4 is 0 Å². The van der Waals surface area contributed by atoms with Crippen molar-refractivity contribution in [2.75, 3.05) is 6.54 Å². The van der Waals surface area contributed by atoms with Crippen LogP contribution in [0.25, 0.3) is 6.08 Å². The van der Waals surface area contributed by atoms with E-state index in [2.05, 4.69) is 19.1 Å². The first kappa shape index (κ1) is 17.5. The van der Waals surface area contributed by atoms with Crippen LogP contribution in [-0.2, 0) is 4.79 Å². The van der Waals surface area contributed by atoms with Crippen molar-refractivity contribution in [3.05, 3.63) is 69.6 Å². The minimum Gasteiger partial charge on any atom is -0.287 e. The van der Waals surface area contributed by atoms with Gasteiger partial charge in [-0.3, -0.25) is 9.69 Å². The number of carbonyl (C=O) groups is 1. The lowest BCUT2D eigenvalue weighted by Crippen LogP contribution is -2.28. The molecule has 1 heterocycles. The van der Waals surface area contributed by atoms with Gasteiger partial charge in [-0.1, -0.05) is 48.0 Å². The molecule has 2 aromatic carbocycles. The van der Waals surface area contributed by atoms with Crippen molar-refractivity contribution in [1.29, 1.82) is 0 Å². The molecule has 0 aliphatic carbocycles. The number of amidine groups is 1. The van der Waals surface area contributed by atoms with Crippen molar-refractivity contribution in [3.8, 4) is 0 Å². The van der Waals surface area contributed by atoms with Crippen LogP contribution in [0, 0.1) is 20.8 Å². The van der Waals surface area contributed by atoms with Crippen molar-refractivity contribution < 1.29 is 4.79 Å². The molecule has 0 bridgehead atoms. The van der Waals surface area contributed by atoms with Crippen LogP contribution in [-0.4, -0.2) is 22.5 Å². The summed E-state index contributed by atoms with van der Waals surface area (Å²) >= 11 is 1.45. The molecular formula is C21H22N2OS. The molecule has 1 aliphatic heterocycles. The average molecular weight is 350 g/mol. The number of hydrogen-bond donors (Lipinski definition) is 0. The van der Waals surface area contributed by atoms with Crippen molar-refractivity contribution in [3.63, 3.8) is 0 Å². The Morgan fingerprint density at radius 2 is 1.68 bits per heavy atom. The SMILES string of the molecule is CCN1C(=O)/C(=C\c2ccc(C)cc2)SC1=Nc1c(C)cccc1C. The van der Waals surface area contributed by atoms with E-state index in [0.29, 0.717) is 6.54 Å². The highest BCUT2D eigenvalue weighted by atomic mass is 32.2. The second-order valence-electron chi connectivity index (χ2n) is 6.21. The van der Waals surface area contributed by atoms with Gasteiger partial charge in [0.25, 0.3) is 5.91 Å². The molecule has 1 aliphatic rings. The molecule has 3 nitrogen and oxygen atoms in total. The number of likely N-dealkylation sites (N-methyl/N-ethyl adjacent to an activating group) is 1. The summed E-state index contributed by atoms with van der Waals surface area (Å²) in [5.74, 6) is 0.0260. The third-order valence-corrected chi connectivity index (χ3v) is 5.23. The number of rotatable bonds is 3. The third-order valence-electron chi connectivity index (χ3n) is 4.23. The van der Waals surface area contributed by atoms with Gasteiger partial charge in [-0.15, -0.1) is 0 Å². The van der Waals surface area contributed by atoms with Crippen LogP contribution in [0.2, 0.25) is 0 Å². The molecule has 1 fully saturated rings. The highest BCUT2D eigenvalue weighted by Crippen LogP contribution is 2.35. The van der Waals surface area contributed by atoms with Crippen molar-refractivity contribution in [2.45, 2.75) is 27.7 Å². The third kappa shape index (κ3) is 3.69. The highest BCUT2D eigenvalue weighted by Gasteiger charge is 2.32. The minimum absolute atomic E-state index is 0.0260. The maximum Gasteiger partial charge on any atom is 0.266 e. The zero-order chi connectivity index (χ0) is 18.0. The Hall–Kier alpha value is -2.33. The normalized spacial score (nSPS) is 17.8. The lowest BCUT2D eigenvalue weighted by atomic mass is 10.1. The Bertz CT molecular complexity index is 846. The summed E-state index contributed by atoms with van der Waals surface area (Å²) in [5, 5.41) is 0.753. The van der Waals surface area contributed by atoms with Gasteiger partial charge in [0, 0.05) is 6.54 Å². The Labute approximate surface area is 153 Å². The van der Waals surface area contributed by atoms with Crippen LogP contribution in [0.1, 0.15) is 29.2 Å². The molecule has 3 rings (SSSR count). The van der Waals surface area contributed by atoms with Gasteiger partial charge in [-0.05, 0) is 62.2 Å². The van der Waals surface area contributed by atoms with Gasteiger partial charge >= 0.3 is 0 Å². The Balaban J connectivity index is 1.98. The summed E-state index contributed by atoms with van der Waals surface area (Å²) in [6, 6.07) is 14.3. The molecule has 0 aromatic heterocycles. The Morgan fingerprint density at radius 3 is 2.28 bits per heavy atom. The average Bonchev–Trinajstić information content (AvgIpc) is 2.88. The molecule has 4 heteroatoms. The predicted octanol–water partition coefficient (Wildman–Crippen LogP) is 5.24. The predicted molar refractivity (Wildman–Crippen MR) is 107 cm³/mol. The maximum absolute atomic E-state index is 12.7. The molecule has 0 saturated carbocycles. The molecular weight excluding hydrogens is 328 g/mol. The van der Waals surface area contributed by atoms with Gasteiger partial charge in [0.1, 0.15) is 0 Å². The summed E-state index contributed by atoms with van der Waals surface area (Å²) in [4.78, 5) is 20.0. The van der Waals surface area contributed by atoms with Gasteiger partial charge in [-0.2, -0.15) is 0 Å². The standard InChI is InChI=1S/C21H22N2OS/c1-5-23-20(24)18(13-17-11-9-14(2)10-12-17)25-21(23)22-19-15(3)7-6-8-16(19)4/h6-13H,5H2,1-4H3/b18-13+,22-21?. The zero-order valence-electron chi connectivity index (χ0n) is 15.0. The fraction of sp³-hybridized carbons (Fsp3) is 0.238. The quantitative estimate of drug-likeness (QED) is 0.710. The topological polar surface area (TPSA) is 32.7 Å². The van der Waals surface area contributed by atoms with E-state index in [1.54, 1.807) is 4.90 Å². The molecule has 0 unspecified atom stereocenters. The van der Waals surface area contributed by atoms with Crippen LogP contribution in [0.4, 0.5) is 5.69 Å². The first-order valence-electron chi connectivity index (χ1n) is 8.42. The summed E-state index contributed by atoms with van der Waals surface area (Å²) in [7, 11) is 0. The summed E-state index contributed by atoms with van der Waals surface area (Å²) < 4.78 is 0. The number of nitrogens with zero attached hydrogens (tertiary/aromatic N) is 2. The monoisotopic (exact) mass is 350 g/mol. The fourth-order valence-electron chi connectivity index (χ4n) is 2.76. The van der Waals surface area contributed by atoms with E-state index >= 15 is 0 Å². The number of para-hydroxylation sites is 1. The smallest absolute Gasteiger partial charge is 0.266 e. The molecule has 0 N–H and O–H groups in total. The lowest BCUT2D eigenvalue weighted by Gasteiger charge is -2.13. The number of carbonyl (C=O) groups excluding carboxylic acids is 1. The number of aryl methyl sites for hydroxylation is 3. The van der Waals surface area contributed by atoms with Crippen LogP contribution in [0.3, 0.4) is 0 Å². The van der Waals surface area contributed by atoms with Gasteiger partial charge in [0.2, 0.25) is 0 Å². The first-order chi connectivity index (χ1) is 12.0. The Kier molecular flexibility index (Phi) is 5.09.